The molecule has 1 rings (SSSR count). The number of esters is 1. The first kappa shape index (κ1) is 16.3. The highest BCUT2D eigenvalue weighted by molar-refractivity contribution is 5.73. The van der Waals surface area contributed by atoms with Gasteiger partial charge in [-0.3, -0.25) is 4.79 Å². The Hall–Kier alpha value is -1.75. The van der Waals surface area contributed by atoms with E-state index in [1.165, 1.54) is 21.3 Å². The van der Waals surface area contributed by atoms with Gasteiger partial charge in [-0.1, -0.05) is 13.8 Å². The first-order chi connectivity index (χ1) is 9.46. The molecule has 1 aromatic rings. The Morgan fingerprint density at radius 3 is 2.25 bits per heavy atom. The molecule has 2 unspecified atom stereocenters. The molecule has 0 aliphatic carbocycles. The summed E-state index contributed by atoms with van der Waals surface area (Å²) in [6, 6.07) is 5.10. The fourth-order valence-electron chi connectivity index (χ4n) is 2.17. The number of hydrogen-bond donors (Lipinski definition) is 1. The van der Waals surface area contributed by atoms with Crippen LogP contribution in [0.4, 0.5) is 0 Å². The van der Waals surface area contributed by atoms with Gasteiger partial charge < -0.3 is 19.3 Å². The van der Waals surface area contributed by atoms with Gasteiger partial charge in [-0.2, -0.15) is 0 Å². The van der Waals surface area contributed by atoms with Gasteiger partial charge in [-0.25, -0.2) is 0 Å². The van der Waals surface area contributed by atoms with E-state index in [1.54, 1.807) is 18.2 Å². The largest absolute Gasteiger partial charge is 0.497 e. The van der Waals surface area contributed by atoms with E-state index >= 15 is 0 Å². The second-order valence-corrected chi connectivity index (χ2v) is 4.85. The Labute approximate surface area is 119 Å². The van der Waals surface area contributed by atoms with Crippen molar-refractivity contribution in [1.82, 2.24) is 0 Å². The average molecular weight is 282 g/mol. The molecule has 20 heavy (non-hydrogen) atoms. The molecule has 2 atom stereocenters. The summed E-state index contributed by atoms with van der Waals surface area (Å²) in [5.41, 5.74) is 0.510. The topological polar surface area (TPSA) is 65.0 Å². The summed E-state index contributed by atoms with van der Waals surface area (Å²) >= 11 is 0. The molecule has 0 radical (unpaired) electrons. The molecule has 1 N–H and O–H groups in total. The standard InChI is InChI=1S/C15H22O5/c1-9(2)13(15(17)20-5)14(16)11-8-10(18-3)6-7-12(11)19-4/h6-9,13-14,16H,1-5H3. The molecule has 1 aromatic carbocycles. The van der Waals surface area contributed by atoms with E-state index in [-0.39, 0.29) is 5.92 Å². The van der Waals surface area contributed by atoms with Crippen molar-refractivity contribution in [3.63, 3.8) is 0 Å². The van der Waals surface area contributed by atoms with Gasteiger partial charge in [0.15, 0.2) is 0 Å². The van der Waals surface area contributed by atoms with Crippen LogP contribution in [0, 0.1) is 11.8 Å². The summed E-state index contributed by atoms with van der Waals surface area (Å²) in [6.07, 6.45) is -1.02. The van der Waals surface area contributed by atoms with Crippen LogP contribution in [0.5, 0.6) is 11.5 Å². The van der Waals surface area contributed by atoms with Crippen molar-refractivity contribution >= 4 is 5.97 Å². The van der Waals surface area contributed by atoms with Gasteiger partial charge in [0.2, 0.25) is 0 Å². The molecule has 0 aromatic heterocycles. The summed E-state index contributed by atoms with van der Waals surface area (Å²) < 4.78 is 15.2. The molecule has 0 fully saturated rings. The quantitative estimate of drug-likeness (QED) is 0.810. The minimum atomic E-state index is -1.02. The molecule has 5 nitrogen and oxygen atoms in total. The van der Waals surface area contributed by atoms with Gasteiger partial charge in [0, 0.05) is 5.56 Å². The Balaban J connectivity index is 3.22. The number of ether oxygens (including phenoxy) is 3. The zero-order valence-corrected chi connectivity index (χ0v) is 12.5. The summed E-state index contributed by atoms with van der Waals surface area (Å²) in [5.74, 6) is -0.0909. The van der Waals surface area contributed by atoms with Gasteiger partial charge in [0.25, 0.3) is 0 Å². The zero-order valence-electron chi connectivity index (χ0n) is 12.5. The lowest BCUT2D eigenvalue weighted by Gasteiger charge is -2.25. The van der Waals surface area contributed by atoms with Crippen molar-refractivity contribution in [3.8, 4) is 11.5 Å². The summed E-state index contributed by atoms with van der Waals surface area (Å²) in [5, 5.41) is 10.5. The smallest absolute Gasteiger partial charge is 0.311 e. The molecule has 0 spiro atoms. The van der Waals surface area contributed by atoms with E-state index in [0.29, 0.717) is 17.1 Å². The van der Waals surface area contributed by atoms with Crippen molar-refractivity contribution < 1.29 is 24.1 Å². The Bertz CT molecular complexity index is 456. The molecule has 0 amide bonds. The van der Waals surface area contributed by atoms with Crippen LogP contribution in [-0.4, -0.2) is 32.4 Å². The third-order valence-electron chi connectivity index (χ3n) is 3.29. The van der Waals surface area contributed by atoms with Crippen LogP contribution in [0.15, 0.2) is 18.2 Å². The Morgan fingerprint density at radius 2 is 1.80 bits per heavy atom. The van der Waals surface area contributed by atoms with E-state index in [9.17, 15) is 9.90 Å². The van der Waals surface area contributed by atoms with Gasteiger partial charge in [-0.15, -0.1) is 0 Å². The van der Waals surface area contributed by atoms with Crippen LogP contribution in [0.1, 0.15) is 25.5 Å². The van der Waals surface area contributed by atoms with E-state index in [2.05, 4.69) is 0 Å². The lowest BCUT2D eigenvalue weighted by Crippen LogP contribution is -2.28. The number of benzene rings is 1. The summed E-state index contributed by atoms with van der Waals surface area (Å²) in [4.78, 5) is 11.9. The highest BCUT2D eigenvalue weighted by Crippen LogP contribution is 2.36. The Kier molecular flexibility index (Phi) is 5.82. The molecule has 0 saturated heterocycles. The van der Waals surface area contributed by atoms with Crippen molar-refractivity contribution in [2.45, 2.75) is 20.0 Å². The molecular formula is C15H22O5. The maximum atomic E-state index is 11.9. The minimum Gasteiger partial charge on any atom is -0.497 e. The lowest BCUT2D eigenvalue weighted by atomic mass is 9.86. The normalized spacial score (nSPS) is 13.8. The fraction of sp³-hybridized carbons (Fsp3) is 0.533. The number of carbonyl (C=O) groups excluding carboxylic acids is 1. The van der Waals surface area contributed by atoms with E-state index in [0.717, 1.165) is 0 Å². The minimum absolute atomic E-state index is 0.0756. The molecule has 0 heterocycles. The van der Waals surface area contributed by atoms with Gasteiger partial charge in [0.1, 0.15) is 11.5 Å². The molecular weight excluding hydrogens is 260 g/mol. The SMILES string of the molecule is COC(=O)C(C(C)C)C(O)c1cc(OC)ccc1OC. The molecule has 0 bridgehead atoms. The summed E-state index contributed by atoms with van der Waals surface area (Å²) in [7, 11) is 4.37. The molecule has 0 saturated carbocycles. The Morgan fingerprint density at radius 1 is 1.15 bits per heavy atom. The predicted molar refractivity (Wildman–Crippen MR) is 74.8 cm³/mol. The van der Waals surface area contributed by atoms with Gasteiger partial charge >= 0.3 is 5.97 Å². The molecule has 0 aliphatic heterocycles. The predicted octanol–water partition coefficient (Wildman–Crippen LogP) is 2.18. The monoisotopic (exact) mass is 282 g/mol. The lowest BCUT2D eigenvalue weighted by molar-refractivity contribution is -0.152. The number of aliphatic hydroxyl groups is 1. The number of carbonyl (C=O) groups is 1. The van der Waals surface area contributed by atoms with E-state index < -0.39 is 18.0 Å². The third-order valence-corrected chi connectivity index (χ3v) is 3.29. The maximum absolute atomic E-state index is 11.9. The number of hydrogen-bond acceptors (Lipinski definition) is 5. The van der Waals surface area contributed by atoms with Crippen LogP contribution < -0.4 is 9.47 Å². The number of rotatable bonds is 6. The summed E-state index contributed by atoms with van der Waals surface area (Å²) in [6.45, 7) is 3.72. The second-order valence-electron chi connectivity index (χ2n) is 4.85. The number of methoxy groups -OCH3 is 3. The van der Waals surface area contributed by atoms with Crippen LogP contribution >= 0.6 is 0 Å². The van der Waals surface area contributed by atoms with Crippen molar-refractivity contribution in [3.05, 3.63) is 23.8 Å². The van der Waals surface area contributed by atoms with Crippen molar-refractivity contribution in [2.75, 3.05) is 21.3 Å². The zero-order chi connectivity index (χ0) is 15.3. The average Bonchev–Trinajstić information content (AvgIpc) is 2.45. The first-order valence-corrected chi connectivity index (χ1v) is 6.44. The van der Waals surface area contributed by atoms with Gasteiger partial charge in [-0.05, 0) is 24.1 Å². The van der Waals surface area contributed by atoms with Crippen molar-refractivity contribution in [1.29, 1.82) is 0 Å². The van der Waals surface area contributed by atoms with Crippen LogP contribution in [0.25, 0.3) is 0 Å². The maximum Gasteiger partial charge on any atom is 0.311 e. The van der Waals surface area contributed by atoms with Crippen LogP contribution in [0.3, 0.4) is 0 Å². The highest BCUT2D eigenvalue weighted by atomic mass is 16.5. The fourth-order valence-corrected chi connectivity index (χ4v) is 2.17. The highest BCUT2D eigenvalue weighted by Gasteiger charge is 2.33. The van der Waals surface area contributed by atoms with Gasteiger partial charge in [0.05, 0.1) is 33.4 Å². The molecule has 0 aliphatic rings. The number of aliphatic hydroxyl groups excluding tert-OH is 1. The van der Waals surface area contributed by atoms with Crippen LogP contribution in [0.2, 0.25) is 0 Å². The molecule has 5 heteroatoms. The van der Waals surface area contributed by atoms with E-state index in [1.807, 2.05) is 13.8 Å². The van der Waals surface area contributed by atoms with Crippen LogP contribution in [-0.2, 0) is 9.53 Å². The molecule has 112 valence electrons. The third kappa shape index (κ3) is 3.42. The second kappa shape index (κ2) is 7.14. The van der Waals surface area contributed by atoms with Crippen molar-refractivity contribution in [2.24, 2.45) is 11.8 Å². The van der Waals surface area contributed by atoms with E-state index in [4.69, 9.17) is 14.2 Å². The first-order valence-electron chi connectivity index (χ1n) is 6.44.